The average Bonchev–Trinajstić information content (AvgIpc) is 1.59. The predicted octanol–water partition coefficient (Wildman–Crippen LogP) is 0.217. The first kappa shape index (κ1) is 12.6. The van der Waals surface area contributed by atoms with E-state index in [2.05, 4.69) is 59.5 Å². The molecular formula is CHP3Si6. The molecule has 0 fully saturated rings. The van der Waals surface area contributed by atoms with Crippen LogP contribution in [0.15, 0.2) is 0 Å². The molecule has 0 atom stereocenters. The molecular weight excluding hydrogens is 273 g/mol. The van der Waals surface area contributed by atoms with Gasteiger partial charge in [0.05, 0.1) is 59.5 Å². The van der Waals surface area contributed by atoms with E-state index in [-0.39, 0.29) is 21.1 Å². The first-order valence-electron chi connectivity index (χ1n) is 2.12. The van der Waals surface area contributed by atoms with Gasteiger partial charge in [-0.25, -0.2) is 0 Å². The maximum Gasteiger partial charge on any atom is 0.0602 e. The summed E-state index contributed by atoms with van der Waals surface area (Å²) in [4.78, 5) is 0. The van der Waals surface area contributed by atoms with Gasteiger partial charge < -0.3 is 0 Å². The van der Waals surface area contributed by atoms with Crippen LogP contribution in [0, 0.1) is 0 Å². The Morgan fingerprint density at radius 3 is 0.800 bits per heavy atom. The summed E-state index contributed by atoms with van der Waals surface area (Å²) in [5.74, 6) is 0. The Bertz CT molecular complexity index is 74.0. The van der Waals surface area contributed by atoms with E-state index in [9.17, 15) is 0 Å². The molecule has 0 spiro atoms. The fourth-order valence-corrected chi connectivity index (χ4v) is 28.1. The minimum Gasteiger partial charge on any atom is -0.133 e. The summed E-state index contributed by atoms with van der Waals surface area (Å²) >= 11 is 0. The predicted molar refractivity (Wildman–Crippen MR) is 59.1 cm³/mol. The fraction of sp³-hybridized carbons (Fsp3) is 1.00. The van der Waals surface area contributed by atoms with Gasteiger partial charge in [0.15, 0.2) is 0 Å². The molecule has 0 heterocycles. The minimum atomic E-state index is -0.269. The standard InChI is InChI=1S/CHP3Si6/c5-2(6)1(3(7)8)4(9)10/h1H. The summed E-state index contributed by atoms with van der Waals surface area (Å²) in [7, 11) is 20.7. The zero-order valence-electron chi connectivity index (χ0n) is 4.92. The van der Waals surface area contributed by atoms with Crippen molar-refractivity contribution in [2.24, 2.45) is 0 Å². The van der Waals surface area contributed by atoms with Crippen molar-refractivity contribution in [3.63, 3.8) is 0 Å². The molecule has 0 aliphatic carbocycles. The van der Waals surface area contributed by atoms with E-state index in [0.717, 1.165) is 0 Å². The number of hydrogen-bond acceptors (Lipinski definition) is 0. The van der Waals surface area contributed by atoms with Crippen molar-refractivity contribution >= 4 is 80.5 Å². The first-order valence-corrected chi connectivity index (χ1v) is 14.4. The second-order valence-electron chi connectivity index (χ2n) is 1.46. The van der Waals surface area contributed by atoms with Gasteiger partial charge in [0, 0.05) is 0 Å². The lowest BCUT2D eigenvalue weighted by molar-refractivity contribution is 2.04. The van der Waals surface area contributed by atoms with Crippen LogP contribution in [0.2, 0.25) is 0 Å². The van der Waals surface area contributed by atoms with Crippen LogP contribution < -0.4 is 0 Å². The first-order chi connectivity index (χ1) is 4.46. The van der Waals surface area contributed by atoms with E-state index in [1.165, 1.54) is 0 Å². The Morgan fingerprint density at radius 1 is 0.600 bits per heavy atom. The summed E-state index contributed by atoms with van der Waals surface area (Å²) in [6, 6.07) is 0. The quantitative estimate of drug-likeness (QED) is 0.510. The Balaban J connectivity index is 3.98. The van der Waals surface area contributed by atoms with E-state index in [0.29, 0.717) is 5.14 Å². The molecule has 18 radical (unpaired) electrons. The lowest BCUT2D eigenvalue weighted by Crippen LogP contribution is -2.02. The molecule has 0 aliphatic heterocycles. The molecule has 0 aromatic rings. The number of rotatable bonds is 3. The molecule has 10 heavy (non-hydrogen) atoms. The summed E-state index contributed by atoms with van der Waals surface area (Å²) in [5.41, 5.74) is 0. The highest BCUT2D eigenvalue weighted by Crippen LogP contribution is 2.61. The maximum absolute atomic E-state index is 3.58. The third kappa shape index (κ3) is 4.58. The van der Waals surface area contributed by atoms with Gasteiger partial charge in [0.1, 0.15) is 0 Å². The van der Waals surface area contributed by atoms with Gasteiger partial charge in [-0.05, 0) is 5.14 Å². The Morgan fingerprint density at radius 2 is 0.800 bits per heavy atom. The van der Waals surface area contributed by atoms with Gasteiger partial charge in [-0.3, -0.25) is 0 Å². The molecule has 0 aliphatic rings. The second kappa shape index (κ2) is 6.11. The highest BCUT2D eigenvalue weighted by Gasteiger charge is 2.19. The largest absolute Gasteiger partial charge is 0.133 e. The molecule has 0 unspecified atom stereocenters. The number of hydrogen-bond donors (Lipinski definition) is 0. The van der Waals surface area contributed by atoms with Crippen LogP contribution in [0.3, 0.4) is 0 Å². The van der Waals surface area contributed by atoms with Crippen LogP contribution in [0.25, 0.3) is 0 Å². The van der Waals surface area contributed by atoms with Crippen molar-refractivity contribution < 1.29 is 0 Å². The minimum absolute atomic E-state index is 0.269. The van der Waals surface area contributed by atoms with E-state index in [4.69, 9.17) is 0 Å². The average molecular weight is 274 g/mol. The SMILES string of the molecule is [Si]P([Si])C(P([Si])[Si])P([Si])[Si]. The zero-order chi connectivity index (χ0) is 8.31. The monoisotopic (exact) mass is 274 g/mol. The third-order valence-corrected chi connectivity index (χ3v) is 18.7. The highest BCUT2D eigenvalue weighted by atomic mass is 31.7. The van der Waals surface area contributed by atoms with Crippen molar-refractivity contribution in [3.8, 4) is 0 Å². The zero-order valence-corrected chi connectivity index (χ0v) is 13.6. The van der Waals surface area contributed by atoms with Gasteiger partial charge in [0.25, 0.3) is 0 Å². The van der Waals surface area contributed by atoms with Crippen molar-refractivity contribution in [1.82, 2.24) is 0 Å². The summed E-state index contributed by atoms with van der Waals surface area (Å²) in [6.45, 7) is 0. The molecule has 9 heteroatoms. The van der Waals surface area contributed by atoms with Gasteiger partial charge in [-0.1, -0.05) is 0 Å². The summed E-state index contributed by atoms with van der Waals surface area (Å²) in [5, 5.41) is 0.565. The van der Waals surface area contributed by atoms with Crippen LogP contribution in [-0.2, 0) is 0 Å². The molecule has 0 bridgehead atoms. The molecule has 0 rings (SSSR count). The highest BCUT2D eigenvalue weighted by molar-refractivity contribution is 8.27. The van der Waals surface area contributed by atoms with Crippen molar-refractivity contribution in [3.05, 3.63) is 0 Å². The maximum atomic E-state index is 3.58. The molecule has 0 aromatic carbocycles. The molecule has 0 N–H and O–H groups in total. The molecule has 0 saturated heterocycles. The van der Waals surface area contributed by atoms with Crippen LogP contribution in [0.5, 0.6) is 0 Å². The van der Waals surface area contributed by atoms with Gasteiger partial charge >= 0.3 is 0 Å². The normalized spacial score (nSPS) is 12.6. The van der Waals surface area contributed by atoms with Crippen molar-refractivity contribution in [2.75, 3.05) is 0 Å². The van der Waals surface area contributed by atoms with Crippen LogP contribution >= 0.6 is 21.1 Å². The lowest BCUT2D eigenvalue weighted by atomic mass is 11.9. The van der Waals surface area contributed by atoms with E-state index >= 15 is 0 Å². The second-order valence-corrected chi connectivity index (χ2v) is 19.1. The Labute approximate surface area is 85.4 Å². The van der Waals surface area contributed by atoms with Crippen molar-refractivity contribution in [2.45, 2.75) is 5.14 Å². The van der Waals surface area contributed by atoms with Gasteiger partial charge in [0.2, 0.25) is 0 Å². The third-order valence-electron chi connectivity index (χ3n) is 0.693. The fourth-order valence-electron chi connectivity index (χ4n) is 0.346. The summed E-state index contributed by atoms with van der Waals surface area (Å²) < 4.78 is 0. The van der Waals surface area contributed by atoms with Crippen LogP contribution in [0.4, 0.5) is 0 Å². The Hall–Kier alpha value is 2.59. The Kier molecular flexibility index (Phi) is 7.69. The van der Waals surface area contributed by atoms with E-state index in [1.54, 1.807) is 0 Å². The summed E-state index contributed by atoms with van der Waals surface area (Å²) in [6.07, 6.45) is 0. The van der Waals surface area contributed by atoms with Crippen LogP contribution in [-0.4, -0.2) is 64.6 Å². The van der Waals surface area contributed by atoms with Crippen LogP contribution in [0.1, 0.15) is 0 Å². The lowest BCUT2D eigenvalue weighted by Gasteiger charge is -2.29. The molecule has 0 amide bonds. The van der Waals surface area contributed by atoms with E-state index in [1.807, 2.05) is 0 Å². The molecule has 0 aromatic heterocycles. The van der Waals surface area contributed by atoms with Crippen molar-refractivity contribution in [1.29, 1.82) is 0 Å². The molecule has 0 saturated carbocycles. The molecule has 44 valence electrons. The molecule has 0 nitrogen and oxygen atoms in total. The topological polar surface area (TPSA) is 0 Å². The van der Waals surface area contributed by atoms with E-state index < -0.39 is 0 Å². The smallest absolute Gasteiger partial charge is 0.0602 e. The van der Waals surface area contributed by atoms with Gasteiger partial charge in [-0.2, -0.15) is 0 Å². The van der Waals surface area contributed by atoms with Gasteiger partial charge in [-0.15, -0.1) is 21.1 Å².